The molecule has 0 spiro atoms. The van der Waals surface area contributed by atoms with Crippen molar-refractivity contribution < 1.29 is 9.59 Å². The van der Waals surface area contributed by atoms with E-state index in [-0.39, 0.29) is 23.8 Å². The van der Waals surface area contributed by atoms with Crippen LogP contribution >= 0.6 is 11.6 Å². The van der Waals surface area contributed by atoms with E-state index in [0.717, 1.165) is 19.4 Å². The molecule has 1 atom stereocenters. The van der Waals surface area contributed by atoms with E-state index in [1.807, 2.05) is 4.90 Å². The van der Waals surface area contributed by atoms with Gasteiger partial charge in [-0.1, -0.05) is 11.6 Å². The molecule has 6 nitrogen and oxygen atoms in total. The van der Waals surface area contributed by atoms with Gasteiger partial charge in [-0.15, -0.1) is 0 Å². The molecule has 0 aromatic carbocycles. The molecule has 0 radical (unpaired) electrons. The third-order valence-electron chi connectivity index (χ3n) is 4.51. The zero-order valence-corrected chi connectivity index (χ0v) is 13.7. The van der Waals surface area contributed by atoms with Crippen molar-refractivity contribution in [1.29, 1.82) is 0 Å². The summed E-state index contributed by atoms with van der Waals surface area (Å²) in [5.41, 5.74) is 0. The minimum Gasteiger partial charge on any atom is -0.341 e. The van der Waals surface area contributed by atoms with Crippen molar-refractivity contribution >= 4 is 29.2 Å². The van der Waals surface area contributed by atoms with E-state index < -0.39 is 0 Å². The van der Waals surface area contributed by atoms with Crippen molar-refractivity contribution in [3.63, 3.8) is 0 Å². The summed E-state index contributed by atoms with van der Waals surface area (Å²) in [7, 11) is 0. The van der Waals surface area contributed by atoms with Gasteiger partial charge in [-0.25, -0.2) is 4.98 Å². The Morgan fingerprint density at radius 3 is 2.65 bits per heavy atom. The number of carbonyl (C=O) groups is 2. The van der Waals surface area contributed by atoms with Crippen LogP contribution in [-0.2, 0) is 9.59 Å². The van der Waals surface area contributed by atoms with Gasteiger partial charge in [-0.2, -0.15) is 0 Å². The van der Waals surface area contributed by atoms with Crippen molar-refractivity contribution in [2.75, 3.05) is 25.0 Å². The SMILES string of the molecule is O=C(Nc1ccc(Cl)cn1)C1CCN(C(=O)C2CCCN2)CC1. The zero-order valence-electron chi connectivity index (χ0n) is 12.9. The molecule has 2 N–H and O–H groups in total. The summed E-state index contributed by atoms with van der Waals surface area (Å²) in [5, 5.41) is 6.59. The standard InChI is InChI=1S/C16H21ClN4O2/c17-12-3-4-14(19-10-12)20-15(22)11-5-8-21(9-6-11)16(23)13-2-1-7-18-13/h3-4,10-11,13,18H,1-2,5-9H2,(H,19,20,22). The number of hydrogen-bond acceptors (Lipinski definition) is 4. The van der Waals surface area contributed by atoms with Crippen LogP contribution in [0, 0.1) is 5.92 Å². The van der Waals surface area contributed by atoms with Crippen LogP contribution in [0.15, 0.2) is 18.3 Å². The summed E-state index contributed by atoms with van der Waals surface area (Å²) in [4.78, 5) is 30.6. The van der Waals surface area contributed by atoms with Crippen LogP contribution in [0.25, 0.3) is 0 Å². The third-order valence-corrected chi connectivity index (χ3v) is 4.74. The smallest absolute Gasteiger partial charge is 0.239 e. The lowest BCUT2D eigenvalue weighted by molar-refractivity contribution is -0.136. The summed E-state index contributed by atoms with van der Waals surface area (Å²) in [6.45, 7) is 2.20. The first-order chi connectivity index (χ1) is 11.1. The molecular formula is C16H21ClN4O2. The molecule has 2 aliphatic rings. The molecule has 1 aromatic heterocycles. The second kappa shape index (κ2) is 7.27. The molecule has 0 bridgehead atoms. The zero-order chi connectivity index (χ0) is 16.2. The van der Waals surface area contributed by atoms with Gasteiger partial charge in [0, 0.05) is 25.2 Å². The number of piperidine rings is 1. The van der Waals surface area contributed by atoms with E-state index in [2.05, 4.69) is 15.6 Å². The maximum atomic E-state index is 12.3. The van der Waals surface area contributed by atoms with Gasteiger partial charge in [0.25, 0.3) is 0 Å². The molecule has 3 rings (SSSR count). The Labute approximate surface area is 140 Å². The second-order valence-electron chi connectivity index (χ2n) is 6.10. The summed E-state index contributed by atoms with van der Waals surface area (Å²) >= 11 is 5.78. The average Bonchev–Trinajstić information content (AvgIpc) is 3.11. The van der Waals surface area contributed by atoms with E-state index in [1.165, 1.54) is 6.20 Å². The number of nitrogens with zero attached hydrogens (tertiary/aromatic N) is 2. The van der Waals surface area contributed by atoms with Crippen molar-refractivity contribution in [1.82, 2.24) is 15.2 Å². The first kappa shape index (κ1) is 16.2. The number of hydrogen-bond donors (Lipinski definition) is 2. The first-order valence-electron chi connectivity index (χ1n) is 8.08. The first-order valence-corrected chi connectivity index (χ1v) is 8.46. The molecule has 1 unspecified atom stereocenters. The van der Waals surface area contributed by atoms with Crippen molar-refractivity contribution in [2.24, 2.45) is 5.92 Å². The highest BCUT2D eigenvalue weighted by Gasteiger charge is 2.31. The highest BCUT2D eigenvalue weighted by Crippen LogP contribution is 2.21. The van der Waals surface area contributed by atoms with Gasteiger partial charge < -0.3 is 15.5 Å². The predicted octanol–water partition coefficient (Wildman–Crippen LogP) is 1.66. The van der Waals surface area contributed by atoms with Gasteiger partial charge in [-0.3, -0.25) is 9.59 Å². The fourth-order valence-corrected chi connectivity index (χ4v) is 3.27. The van der Waals surface area contributed by atoms with Gasteiger partial charge in [0.2, 0.25) is 11.8 Å². The molecular weight excluding hydrogens is 316 g/mol. The summed E-state index contributed by atoms with van der Waals surface area (Å²) < 4.78 is 0. The van der Waals surface area contributed by atoms with Crippen LogP contribution in [-0.4, -0.2) is 47.4 Å². The van der Waals surface area contributed by atoms with Crippen LogP contribution in [0.1, 0.15) is 25.7 Å². The van der Waals surface area contributed by atoms with Crippen molar-refractivity contribution in [3.8, 4) is 0 Å². The van der Waals surface area contributed by atoms with Crippen LogP contribution in [0.4, 0.5) is 5.82 Å². The fourth-order valence-electron chi connectivity index (χ4n) is 3.16. The van der Waals surface area contributed by atoms with Gasteiger partial charge in [0.05, 0.1) is 11.1 Å². The Morgan fingerprint density at radius 2 is 2.04 bits per heavy atom. The quantitative estimate of drug-likeness (QED) is 0.880. The minimum atomic E-state index is -0.0759. The minimum absolute atomic E-state index is 0.0290. The molecule has 7 heteroatoms. The molecule has 0 saturated carbocycles. The Balaban J connectivity index is 1.49. The van der Waals surface area contributed by atoms with E-state index in [1.54, 1.807) is 12.1 Å². The number of amides is 2. The van der Waals surface area contributed by atoms with Crippen molar-refractivity contribution in [2.45, 2.75) is 31.7 Å². The van der Waals surface area contributed by atoms with E-state index in [4.69, 9.17) is 11.6 Å². The molecule has 2 saturated heterocycles. The number of anilines is 1. The number of likely N-dealkylation sites (tertiary alicyclic amines) is 1. The van der Waals surface area contributed by atoms with E-state index >= 15 is 0 Å². The van der Waals surface area contributed by atoms with E-state index in [0.29, 0.717) is 36.8 Å². The topological polar surface area (TPSA) is 74.3 Å². The number of halogens is 1. The van der Waals surface area contributed by atoms with Gasteiger partial charge in [0.1, 0.15) is 5.82 Å². The van der Waals surface area contributed by atoms with Gasteiger partial charge in [0.15, 0.2) is 0 Å². The lowest BCUT2D eigenvalue weighted by atomic mass is 9.95. The summed E-state index contributed by atoms with van der Waals surface area (Å²) in [6.07, 6.45) is 4.87. The lowest BCUT2D eigenvalue weighted by Gasteiger charge is -2.32. The highest BCUT2D eigenvalue weighted by atomic mass is 35.5. The van der Waals surface area contributed by atoms with Gasteiger partial charge in [-0.05, 0) is 44.4 Å². The number of rotatable bonds is 3. The number of carbonyl (C=O) groups excluding carboxylic acids is 2. The molecule has 124 valence electrons. The van der Waals surface area contributed by atoms with Gasteiger partial charge >= 0.3 is 0 Å². The number of pyridine rings is 1. The highest BCUT2D eigenvalue weighted by molar-refractivity contribution is 6.30. The molecule has 1 aromatic rings. The normalized spacial score (nSPS) is 22.1. The predicted molar refractivity (Wildman–Crippen MR) is 88.2 cm³/mol. The third kappa shape index (κ3) is 4.00. The number of nitrogens with one attached hydrogen (secondary N) is 2. The lowest BCUT2D eigenvalue weighted by Crippen LogP contribution is -2.48. The Kier molecular flexibility index (Phi) is 5.13. The van der Waals surface area contributed by atoms with Crippen LogP contribution in [0.2, 0.25) is 5.02 Å². The molecule has 0 aliphatic carbocycles. The van der Waals surface area contributed by atoms with E-state index in [9.17, 15) is 9.59 Å². The van der Waals surface area contributed by atoms with Crippen LogP contribution in [0.3, 0.4) is 0 Å². The van der Waals surface area contributed by atoms with Crippen LogP contribution in [0.5, 0.6) is 0 Å². The fraction of sp³-hybridized carbons (Fsp3) is 0.562. The molecule has 23 heavy (non-hydrogen) atoms. The average molecular weight is 337 g/mol. The monoisotopic (exact) mass is 336 g/mol. The number of aromatic nitrogens is 1. The molecule has 2 fully saturated rings. The largest absolute Gasteiger partial charge is 0.341 e. The maximum Gasteiger partial charge on any atom is 0.239 e. The summed E-state index contributed by atoms with van der Waals surface area (Å²) in [6, 6.07) is 3.35. The molecule has 2 amide bonds. The molecule has 3 heterocycles. The van der Waals surface area contributed by atoms with Crippen LogP contribution < -0.4 is 10.6 Å². The second-order valence-corrected chi connectivity index (χ2v) is 6.54. The molecule has 2 aliphatic heterocycles. The summed E-state index contributed by atoms with van der Waals surface area (Å²) in [5.74, 6) is 0.577. The van der Waals surface area contributed by atoms with Crippen molar-refractivity contribution in [3.05, 3.63) is 23.4 Å². The Hall–Kier alpha value is -1.66. The Morgan fingerprint density at radius 1 is 1.26 bits per heavy atom. The maximum absolute atomic E-state index is 12.3. The Bertz CT molecular complexity index is 564.